The zero-order valence-corrected chi connectivity index (χ0v) is 11.9. The van der Waals surface area contributed by atoms with Crippen LogP contribution in [-0.2, 0) is 11.2 Å². The quantitative estimate of drug-likeness (QED) is 0.661. The normalized spacial score (nSPS) is 10.6. The Morgan fingerprint density at radius 1 is 1.17 bits per heavy atom. The van der Waals surface area contributed by atoms with Gasteiger partial charge < -0.3 is 15.4 Å². The van der Waals surface area contributed by atoms with Crippen molar-refractivity contribution >= 4 is 5.69 Å². The molecule has 0 saturated carbocycles. The molecule has 3 heteroatoms. The predicted molar refractivity (Wildman–Crippen MR) is 78.4 cm³/mol. The van der Waals surface area contributed by atoms with E-state index in [4.69, 9.17) is 4.74 Å². The molecule has 0 fully saturated rings. The molecule has 0 aliphatic rings. The highest BCUT2D eigenvalue weighted by atomic mass is 16.5. The summed E-state index contributed by atoms with van der Waals surface area (Å²) in [7, 11) is 1.74. The van der Waals surface area contributed by atoms with Gasteiger partial charge in [-0.2, -0.15) is 0 Å². The number of para-hydroxylation sites is 1. The van der Waals surface area contributed by atoms with Crippen molar-refractivity contribution in [2.45, 2.75) is 26.7 Å². The predicted octanol–water partition coefficient (Wildman–Crippen LogP) is 2.60. The highest BCUT2D eigenvalue weighted by Crippen LogP contribution is 2.20. The molecule has 0 amide bonds. The van der Waals surface area contributed by atoms with Crippen molar-refractivity contribution in [1.82, 2.24) is 5.32 Å². The third-order valence-corrected chi connectivity index (χ3v) is 3.05. The SMILES string of the molecule is CCc1cccc(C)c1NCCNCCCOC. The van der Waals surface area contributed by atoms with E-state index in [1.165, 1.54) is 16.8 Å². The number of hydrogen-bond donors (Lipinski definition) is 2. The van der Waals surface area contributed by atoms with Crippen LogP contribution in [0.4, 0.5) is 5.69 Å². The molecule has 0 unspecified atom stereocenters. The molecule has 0 atom stereocenters. The summed E-state index contributed by atoms with van der Waals surface area (Å²) in [6.07, 6.45) is 2.15. The van der Waals surface area contributed by atoms with Gasteiger partial charge in [-0.1, -0.05) is 25.1 Å². The minimum atomic E-state index is 0.832. The molecule has 2 N–H and O–H groups in total. The minimum absolute atomic E-state index is 0.832. The Labute approximate surface area is 111 Å². The summed E-state index contributed by atoms with van der Waals surface area (Å²) in [4.78, 5) is 0. The second-order valence-corrected chi connectivity index (χ2v) is 4.49. The summed E-state index contributed by atoms with van der Waals surface area (Å²) < 4.78 is 5.01. The molecule has 1 aromatic carbocycles. The van der Waals surface area contributed by atoms with Crippen LogP contribution < -0.4 is 10.6 Å². The number of hydrogen-bond acceptors (Lipinski definition) is 3. The molecule has 0 aliphatic carbocycles. The van der Waals surface area contributed by atoms with Crippen LogP contribution in [-0.4, -0.2) is 33.4 Å². The largest absolute Gasteiger partial charge is 0.385 e. The molecule has 0 spiro atoms. The third-order valence-electron chi connectivity index (χ3n) is 3.05. The minimum Gasteiger partial charge on any atom is -0.385 e. The van der Waals surface area contributed by atoms with Crippen molar-refractivity contribution in [1.29, 1.82) is 0 Å². The lowest BCUT2D eigenvalue weighted by molar-refractivity contribution is 0.194. The Morgan fingerprint density at radius 3 is 2.72 bits per heavy atom. The van der Waals surface area contributed by atoms with Gasteiger partial charge in [-0.05, 0) is 37.4 Å². The average molecular weight is 250 g/mol. The van der Waals surface area contributed by atoms with Gasteiger partial charge in [-0.15, -0.1) is 0 Å². The van der Waals surface area contributed by atoms with Gasteiger partial charge in [0.15, 0.2) is 0 Å². The van der Waals surface area contributed by atoms with E-state index in [0.717, 1.165) is 39.1 Å². The van der Waals surface area contributed by atoms with Crippen LogP contribution in [0.2, 0.25) is 0 Å². The molecule has 0 saturated heterocycles. The number of methoxy groups -OCH3 is 1. The van der Waals surface area contributed by atoms with Crippen molar-refractivity contribution in [3.05, 3.63) is 29.3 Å². The van der Waals surface area contributed by atoms with E-state index in [2.05, 4.69) is 42.7 Å². The van der Waals surface area contributed by atoms with Gasteiger partial charge in [0.2, 0.25) is 0 Å². The van der Waals surface area contributed by atoms with Crippen LogP contribution in [0.1, 0.15) is 24.5 Å². The summed E-state index contributed by atoms with van der Waals surface area (Å²) in [5.41, 5.74) is 4.03. The van der Waals surface area contributed by atoms with Gasteiger partial charge in [0.1, 0.15) is 0 Å². The maximum atomic E-state index is 5.01. The van der Waals surface area contributed by atoms with Crippen molar-refractivity contribution in [2.24, 2.45) is 0 Å². The van der Waals surface area contributed by atoms with E-state index in [0.29, 0.717) is 0 Å². The van der Waals surface area contributed by atoms with Crippen LogP contribution >= 0.6 is 0 Å². The second kappa shape index (κ2) is 8.95. The molecular weight excluding hydrogens is 224 g/mol. The summed E-state index contributed by atoms with van der Waals surface area (Å²) in [5, 5.41) is 6.93. The van der Waals surface area contributed by atoms with Gasteiger partial charge in [-0.25, -0.2) is 0 Å². The number of ether oxygens (including phenoxy) is 1. The zero-order chi connectivity index (χ0) is 13.2. The third kappa shape index (κ3) is 5.07. The smallest absolute Gasteiger partial charge is 0.0474 e. The topological polar surface area (TPSA) is 33.3 Å². The van der Waals surface area contributed by atoms with Crippen LogP contribution in [0.5, 0.6) is 0 Å². The van der Waals surface area contributed by atoms with E-state index in [-0.39, 0.29) is 0 Å². The standard InChI is InChI=1S/C15H26N2O/c1-4-14-8-5-7-13(2)15(14)17-11-10-16-9-6-12-18-3/h5,7-8,16-17H,4,6,9-12H2,1-3H3. The molecule has 0 aliphatic heterocycles. The van der Waals surface area contributed by atoms with Crippen LogP contribution in [0.25, 0.3) is 0 Å². The highest BCUT2D eigenvalue weighted by Gasteiger charge is 2.02. The zero-order valence-electron chi connectivity index (χ0n) is 11.9. The first kappa shape index (κ1) is 15.0. The molecule has 3 nitrogen and oxygen atoms in total. The maximum absolute atomic E-state index is 5.01. The fourth-order valence-electron chi connectivity index (χ4n) is 2.02. The molecular formula is C15H26N2O. The molecule has 0 radical (unpaired) electrons. The fraction of sp³-hybridized carbons (Fsp3) is 0.600. The number of aryl methyl sites for hydroxylation is 2. The molecule has 1 aromatic rings. The summed E-state index contributed by atoms with van der Waals surface area (Å²) in [5.74, 6) is 0. The Balaban J connectivity index is 2.26. The Bertz CT molecular complexity index is 339. The summed E-state index contributed by atoms with van der Waals surface area (Å²) >= 11 is 0. The number of nitrogens with one attached hydrogen (secondary N) is 2. The Morgan fingerprint density at radius 2 is 2.00 bits per heavy atom. The molecule has 0 aromatic heterocycles. The first-order chi connectivity index (χ1) is 8.79. The monoisotopic (exact) mass is 250 g/mol. The molecule has 1 rings (SSSR count). The maximum Gasteiger partial charge on any atom is 0.0474 e. The highest BCUT2D eigenvalue weighted by molar-refractivity contribution is 5.57. The Hall–Kier alpha value is -1.06. The molecule has 0 heterocycles. The number of anilines is 1. The van der Waals surface area contributed by atoms with Gasteiger partial charge in [0.25, 0.3) is 0 Å². The second-order valence-electron chi connectivity index (χ2n) is 4.49. The van der Waals surface area contributed by atoms with Gasteiger partial charge >= 0.3 is 0 Å². The van der Waals surface area contributed by atoms with Crippen LogP contribution in [0.15, 0.2) is 18.2 Å². The van der Waals surface area contributed by atoms with Gasteiger partial charge in [-0.3, -0.25) is 0 Å². The summed E-state index contributed by atoms with van der Waals surface area (Å²) in [6, 6.07) is 6.48. The van der Waals surface area contributed by atoms with Crippen LogP contribution in [0.3, 0.4) is 0 Å². The van der Waals surface area contributed by atoms with E-state index < -0.39 is 0 Å². The number of benzene rings is 1. The van der Waals surface area contributed by atoms with Crippen molar-refractivity contribution in [3.63, 3.8) is 0 Å². The Kier molecular flexibility index (Phi) is 7.46. The average Bonchev–Trinajstić information content (AvgIpc) is 2.39. The first-order valence-corrected chi connectivity index (χ1v) is 6.81. The lowest BCUT2D eigenvalue weighted by Crippen LogP contribution is -2.24. The number of rotatable bonds is 9. The first-order valence-electron chi connectivity index (χ1n) is 6.81. The lowest BCUT2D eigenvalue weighted by Gasteiger charge is -2.14. The van der Waals surface area contributed by atoms with Gasteiger partial charge in [0, 0.05) is 32.5 Å². The van der Waals surface area contributed by atoms with E-state index in [9.17, 15) is 0 Å². The molecule has 102 valence electrons. The summed E-state index contributed by atoms with van der Waals surface area (Å²) in [6.45, 7) is 8.16. The van der Waals surface area contributed by atoms with Crippen molar-refractivity contribution in [3.8, 4) is 0 Å². The van der Waals surface area contributed by atoms with E-state index >= 15 is 0 Å². The van der Waals surface area contributed by atoms with E-state index in [1.807, 2.05) is 0 Å². The lowest BCUT2D eigenvalue weighted by atomic mass is 10.1. The van der Waals surface area contributed by atoms with Crippen molar-refractivity contribution in [2.75, 3.05) is 38.7 Å². The van der Waals surface area contributed by atoms with E-state index in [1.54, 1.807) is 7.11 Å². The fourth-order valence-corrected chi connectivity index (χ4v) is 2.02. The van der Waals surface area contributed by atoms with Gasteiger partial charge in [0.05, 0.1) is 0 Å². The van der Waals surface area contributed by atoms with Crippen molar-refractivity contribution < 1.29 is 4.74 Å². The molecule has 0 bridgehead atoms. The molecule has 18 heavy (non-hydrogen) atoms. The van der Waals surface area contributed by atoms with Crippen LogP contribution in [0, 0.1) is 6.92 Å².